The fourth-order valence-corrected chi connectivity index (χ4v) is 1.21. The van der Waals surface area contributed by atoms with E-state index in [1.165, 1.54) is 0 Å². The summed E-state index contributed by atoms with van der Waals surface area (Å²) in [6.45, 7) is 2.56. The summed E-state index contributed by atoms with van der Waals surface area (Å²) in [5.41, 5.74) is 0. The van der Waals surface area contributed by atoms with Gasteiger partial charge in [-0.3, -0.25) is 4.99 Å². The number of aliphatic imine (C=N–C) groups is 1. The lowest BCUT2D eigenvalue weighted by molar-refractivity contribution is 0.604. The third-order valence-electron chi connectivity index (χ3n) is 0.985. The summed E-state index contributed by atoms with van der Waals surface area (Å²) < 4.78 is 10.6. The highest BCUT2D eigenvalue weighted by molar-refractivity contribution is 7.91. The average Bonchev–Trinajstić information content (AvgIpc) is 2.15. The van der Waals surface area contributed by atoms with Crippen molar-refractivity contribution in [3.8, 4) is 0 Å². The van der Waals surface area contributed by atoms with Gasteiger partial charge in [-0.05, 0) is 11.2 Å². The van der Waals surface area contributed by atoms with Gasteiger partial charge in [-0.25, -0.2) is 0 Å². The van der Waals surface area contributed by atoms with E-state index in [9.17, 15) is 4.55 Å². The first-order valence-electron chi connectivity index (χ1n) is 2.71. The lowest BCUT2D eigenvalue weighted by Gasteiger charge is -2.03. The summed E-state index contributed by atoms with van der Waals surface area (Å²) in [5.74, 6) is 1.40. The molecular formula is C5H9N2OS. The molecule has 0 aromatic rings. The molecule has 1 rings (SSSR count). The van der Waals surface area contributed by atoms with Crippen molar-refractivity contribution in [1.82, 2.24) is 5.32 Å². The summed E-state index contributed by atoms with van der Waals surface area (Å²) in [4.78, 5) is 3.96. The topological polar surface area (TPSA) is 47.5 Å². The summed E-state index contributed by atoms with van der Waals surface area (Å²) in [6, 6.07) is 0. The van der Waals surface area contributed by atoms with Crippen molar-refractivity contribution in [3.05, 3.63) is 6.54 Å². The minimum atomic E-state index is -0.769. The first kappa shape index (κ1) is 6.89. The zero-order chi connectivity index (χ0) is 6.69. The first-order chi connectivity index (χ1) is 4.29. The van der Waals surface area contributed by atoms with Gasteiger partial charge in [-0.2, -0.15) is 0 Å². The summed E-state index contributed by atoms with van der Waals surface area (Å²) in [5, 5.41) is 2.99. The molecule has 0 aromatic heterocycles. The van der Waals surface area contributed by atoms with Crippen LogP contribution >= 0.6 is 0 Å². The predicted molar refractivity (Wildman–Crippen MR) is 38.7 cm³/mol. The number of hydrogen-bond acceptors (Lipinski definition) is 3. The van der Waals surface area contributed by atoms with E-state index in [4.69, 9.17) is 0 Å². The van der Waals surface area contributed by atoms with E-state index < -0.39 is 11.2 Å². The van der Waals surface area contributed by atoms with Crippen LogP contribution in [0.4, 0.5) is 0 Å². The van der Waals surface area contributed by atoms with Gasteiger partial charge in [0.15, 0.2) is 5.75 Å². The second-order valence-corrected chi connectivity index (χ2v) is 3.29. The van der Waals surface area contributed by atoms with Crippen LogP contribution in [-0.2, 0) is 11.2 Å². The molecule has 1 N–H and O–H groups in total. The zero-order valence-electron chi connectivity index (χ0n) is 5.26. The summed E-state index contributed by atoms with van der Waals surface area (Å²) in [7, 11) is 0. The van der Waals surface area contributed by atoms with Crippen LogP contribution in [0.3, 0.4) is 0 Å². The molecule has 0 spiro atoms. The Hall–Kier alpha value is -0.220. The van der Waals surface area contributed by atoms with E-state index in [1.54, 1.807) is 12.8 Å². The number of nitrogens with one attached hydrogen (secondary N) is 1. The Labute approximate surface area is 57.7 Å². The third-order valence-corrected chi connectivity index (χ3v) is 1.66. The van der Waals surface area contributed by atoms with Gasteiger partial charge < -0.3 is 9.87 Å². The Kier molecular flexibility index (Phi) is 2.36. The number of nitrogens with zero attached hydrogens (tertiary/aromatic N) is 1. The van der Waals surface area contributed by atoms with Crippen LogP contribution in [0.5, 0.6) is 0 Å². The molecule has 4 heteroatoms. The van der Waals surface area contributed by atoms with E-state index in [0.717, 1.165) is 12.4 Å². The Morgan fingerprint density at radius 1 is 2.00 bits per heavy atom. The fourth-order valence-electron chi connectivity index (χ4n) is 0.646. The van der Waals surface area contributed by atoms with Gasteiger partial charge in [0.1, 0.15) is 5.84 Å². The van der Waals surface area contributed by atoms with Crippen molar-refractivity contribution in [2.45, 2.75) is 0 Å². The molecular weight excluding hydrogens is 136 g/mol. The lowest BCUT2D eigenvalue weighted by Crippen LogP contribution is -2.25. The molecule has 1 heterocycles. The number of hydrogen-bond donors (Lipinski definition) is 1. The summed E-state index contributed by atoms with van der Waals surface area (Å²) >= 11 is -0.769. The van der Waals surface area contributed by atoms with Gasteiger partial charge in [0.05, 0.1) is 12.8 Å². The SMILES string of the molecule is C[S+]([O-])CC1=N[CH]CN1. The Morgan fingerprint density at radius 3 is 3.22 bits per heavy atom. The Bertz CT molecular complexity index is 124. The molecule has 1 atom stereocenters. The van der Waals surface area contributed by atoms with Crippen LogP contribution < -0.4 is 5.32 Å². The molecule has 0 saturated heterocycles. The lowest BCUT2D eigenvalue weighted by atomic mass is 10.7. The van der Waals surface area contributed by atoms with Gasteiger partial charge >= 0.3 is 0 Å². The molecule has 0 bridgehead atoms. The zero-order valence-corrected chi connectivity index (χ0v) is 6.07. The third kappa shape index (κ3) is 2.24. The van der Waals surface area contributed by atoms with Gasteiger partial charge in [0, 0.05) is 6.54 Å². The van der Waals surface area contributed by atoms with Gasteiger partial charge in [-0.1, -0.05) is 0 Å². The quantitative estimate of drug-likeness (QED) is 0.534. The second-order valence-electron chi connectivity index (χ2n) is 1.86. The molecule has 3 nitrogen and oxygen atoms in total. The number of rotatable bonds is 2. The van der Waals surface area contributed by atoms with Crippen LogP contribution in [0.15, 0.2) is 4.99 Å². The van der Waals surface area contributed by atoms with Crippen molar-refractivity contribution < 1.29 is 4.55 Å². The molecule has 1 aliphatic rings. The average molecular weight is 145 g/mol. The van der Waals surface area contributed by atoms with E-state index in [1.807, 2.05) is 0 Å². The molecule has 0 aliphatic carbocycles. The van der Waals surface area contributed by atoms with Crippen LogP contribution in [-0.4, -0.2) is 28.9 Å². The molecule has 9 heavy (non-hydrogen) atoms. The van der Waals surface area contributed by atoms with Crippen LogP contribution in [0.25, 0.3) is 0 Å². The standard InChI is InChI=1S/C5H9N2OS/c1-9(8)4-5-6-2-3-7-5/h2H,3-4H2,1H3,(H,6,7). The van der Waals surface area contributed by atoms with Gasteiger partial charge in [0.25, 0.3) is 0 Å². The Balaban J connectivity index is 2.26. The molecule has 0 saturated carbocycles. The van der Waals surface area contributed by atoms with E-state index in [2.05, 4.69) is 10.3 Å². The first-order valence-corrected chi connectivity index (χ1v) is 4.44. The van der Waals surface area contributed by atoms with Gasteiger partial charge in [-0.15, -0.1) is 0 Å². The fraction of sp³-hybridized carbons (Fsp3) is 0.600. The maximum absolute atomic E-state index is 10.6. The highest BCUT2D eigenvalue weighted by Gasteiger charge is 2.09. The van der Waals surface area contributed by atoms with Gasteiger partial charge in [0.2, 0.25) is 0 Å². The van der Waals surface area contributed by atoms with Crippen LogP contribution in [0.2, 0.25) is 0 Å². The van der Waals surface area contributed by atoms with Crippen molar-refractivity contribution in [2.75, 3.05) is 18.6 Å². The van der Waals surface area contributed by atoms with E-state index >= 15 is 0 Å². The van der Waals surface area contributed by atoms with Crippen molar-refractivity contribution in [2.24, 2.45) is 4.99 Å². The highest BCUT2D eigenvalue weighted by Crippen LogP contribution is 1.93. The van der Waals surface area contributed by atoms with Crippen LogP contribution in [0, 0.1) is 6.54 Å². The minimum Gasteiger partial charge on any atom is -0.616 e. The van der Waals surface area contributed by atoms with Crippen molar-refractivity contribution >= 4 is 17.0 Å². The molecule has 0 amide bonds. The monoisotopic (exact) mass is 145 g/mol. The normalized spacial score (nSPS) is 20.9. The minimum absolute atomic E-state index is 0.552. The maximum Gasteiger partial charge on any atom is 0.161 e. The molecule has 1 unspecified atom stereocenters. The highest BCUT2D eigenvalue weighted by atomic mass is 32.2. The Morgan fingerprint density at radius 2 is 2.78 bits per heavy atom. The van der Waals surface area contributed by atoms with Crippen molar-refractivity contribution in [1.29, 1.82) is 0 Å². The second kappa shape index (κ2) is 3.08. The number of amidine groups is 1. The molecule has 0 fully saturated rings. The van der Waals surface area contributed by atoms with E-state index in [-0.39, 0.29) is 0 Å². The van der Waals surface area contributed by atoms with Crippen LogP contribution in [0.1, 0.15) is 0 Å². The smallest absolute Gasteiger partial charge is 0.161 e. The molecule has 0 aromatic carbocycles. The molecule has 1 aliphatic heterocycles. The largest absolute Gasteiger partial charge is 0.616 e. The maximum atomic E-state index is 10.6. The molecule has 51 valence electrons. The predicted octanol–water partition coefficient (Wildman–Crippen LogP) is -0.472. The van der Waals surface area contributed by atoms with E-state index in [0.29, 0.717) is 5.75 Å². The molecule has 1 radical (unpaired) electrons. The summed E-state index contributed by atoms with van der Waals surface area (Å²) in [6.07, 6.45) is 1.67. The van der Waals surface area contributed by atoms with Crippen molar-refractivity contribution in [3.63, 3.8) is 0 Å².